The van der Waals surface area contributed by atoms with Crippen LogP contribution in [0.1, 0.15) is 30.4 Å². The lowest BCUT2D eigenvalue weighted by molar-refractivity contribution is 0.519. The molecule has 3 atom stereocenters. The molecule has 0 aromatic heterocycles. The average Bonchev–Trinajstić information content (AvgIpc) is 2.88. The first-order valence-electron chi connectivity index (χ1n) is 6.01. The van der Waals surface area contributed by atoms with Gasteiger partial charge in [0, 0.05) is 11.5 Å². The van der Waals surface area contributed by atoms with Crippen LogP contribution in [-0.2, 0) is 5.41 Å². The van der Waals surface area contributed by atoms with Crippen molar-refractivity contribution in [1.82, 2.24) is 5.32 Å². The maximum atomic E-state index is 3.46. The fraction of sp³-hybridized carbons (Fsp3) is 0.571. The van der Waals surface area contributed by atoms with Crippen LogP contribution in [0, 0.1) is 12.8 Å². The summed E-state index contributed by atoms with van der Waals surface area (Å²) in [6.07, 6.45) is 4.14. The molecule has 0 spiro atoms. The Morgan fingerprint density at radius 2 is 1.94 bits per heavy atom. The highest BCUT2D eigenvalue weighted by molar-refractivity contribution is 5.85. The van der Waals surface area contributed by atoms with Crippen molar-refractivity contribution in [1.29, 1.82) is 0 Å². The van der Waals surface area contributed by atoms with E-state index in [1.807, 2.05) is 0 Å². The summed E-state index contributed by atoms with van der Waals surface area (Å²) in [5, 5.41) is 3.46. The van der Waals surface area contributed by atoms with E-state index in [-0.39, 0.29) is 12.4 Å². The third-order valence-corrected chi connectivity index (χ3v) is 4.52. The van der Waals surface area contributed by atoms with E-state index in [4.69, 9.17) is 0 Å². The monoisotopic (exact) mass is 237 g/mol. The standard InChI is InChI=1S/C14H19N.ClH/c1-10-3-5-11(6-4-10)14-8-7-13(15-2)12(14)9-14;/h3-6,12-13,15H,7-9H2,1-2H3;1H. The third-order valence-electron chi connectivity index (χ3n) is 4.52. The number of benzene rings is 1. The van der Waals surface area contributed by atoms with E-state index in [0.29, 0.717) is 5.41 Å². The quantitative estimate of drug-likeness (QED) is 0.834. The summed E-state index contributed by atoms with van der Waals surface area (Å²) in [5.74, 6) is 0.908. The van der Waals surface area contributed by atoms with Gasteiger partial charge in [0.2, 0.25) is 0 Å². The SMILES string of the molecule is CNC1CCC2(c3ccc(C)cc3)CC12.Cl. The van der Waals surface area contributed by atoms with Crippen LogP contribution >= 0.6 is 12.4 Å². The molecule has 88 valence electrons. The summed E-state index contributed by atoms with van der Waals surface area (Å²) in [6, 6.07) is 9.96. The average molecular weight is 238 g/mol. The molecule has 2 aliphatic rings. The highest BCUT2D eigenvalue weighted by Gasteiger charge is 2.61. The smallest absolute Gasteiger partial charge is 0.0101 e. The second-order valence-electron chi connectivity index (χ2n) is 5.27. The Kier molecular flexibility index (Phi) is 3.02. The van der Waals surface area contributed by atoms with E-state index in [0.717, 1.165) is 12.0 Å². The van der Waals surface area contributed by atoms with Crippen molar-refractivity contribution in [2.24, 2.45) is 5.92 Å². The molecule has 3 rings (SSSR count). The molecule has 2 heteroatoms. The van der Waals surface area contributed by atoms with Gasteiger partial charge in [-0.25, -0.2) is 0 Å². The van der Waals surface area contributed by atoms with Crippen molar-refractivity contribution in [3.8, 4) is 0 Å². The van der Waals surface area contributed by atoms with Gasteiger partial charge < -0.3 is 5.32 Å². The molecule has 1 N–H and O–H groups in total. The van der Waals surface area contributed by atoms with Crippen molar-refractivity contribution in [2.75, 3.05) is 7.05 Å². The molecule has 0 saturated heterocycles. The van der Waals surface area contributed by atoms with Gasteiger partial charge in [-0.1, -0.05) is 29.8 Å². The summed E-state index contributed by atoms with van der Waals surface area (Å²) in [7, 11) is 2.11. The molecule has 0 radical (unpaired) electrons. The number of rotatable bonds is 2. The van der Waals surface area contributed by atoms with E-state index >= 15 is 0 Å². The van der Waals surface area contributed by atoms with Crippen LogP contribution in [0.4, 0.5) is 0 Å². The molecule has 0 heterocycles. The highest BCUT2D eigenvalue weighted by Crippen LogP contribution is 2.64. The molecule has 0 bridgehead atoms. The number of hydrogen-bond acceptors (Lipinski definition) is 1. The van der Waals surface area contributed by atoms with Crippen molar-refractivity contribution >= 4 is 12.4 Å². The third kappa shape index (κ3) is 1.57. The Morgan fingerprint density at radius 3 is 2.44 bits per heavy atom. The van der Waals surface area contributed by atoms with Gasteiger partial charge in [-0.3, -0.25) is 0 Å². The van der Waals surface area contributed by atoms with Crippen LogP contribution in [0.5, 0.6) is 0 Å². The number of aryl methyl sites for hydroxylation is 1. The topological polar surface area (TPSA) is 12.0 Å². The minimum absolute atomic E-state index is 0. The van der Waals surface area contributed by atoms with Gasteiger partial charge in [0.25, 0.3) is 0 Å². The van der Waals surface area contributed by atoms with Crippen LogP contribution in [0.25, 0.3) is 0 Å². The summed E-state index contributed by atoms with van der Waals surface area (Å²) >= 11 is 0. The fourth-order valence-corrected chi connectivity index (χ4v) is 3.47. The second kappa shape index (κ2) is 4.05. The van der Waals surface area contributed by atoms with E-state index in [2.05, 4.69) is 43.6 Å². The first-order chi connectivity index (χ1) is 7.26. The Hall–Kier alpha value is -0.530. The summed E-state index contributed by atoms with van der Waals surface area (Å²) in [4.78, 5) is 0. The molecular formula is C14H20ClN. The molecule has 0 aliphatic heterocycles. The Balaban J connectivity index is 0.000000963. The first kappa shape index (κ1) is 11.9. The number of fused-ring (bicyclic) bond motifs is 1. The Labute approximate surface area is 104 Å². The van der Waals surface area contributed by atoms with E-state index in [1.54, 1.807) is 5.56 Å². The summed E-state index contributed by atoms with van der Waals surface area (Å²) in [6.45, 7) is 2.16. The number of halogens is 1. The van der Waals surface area contributed by atoms with Gasteiger partial charge in [0.1, 0.15) is 0 Å². The predicted molar refractivity (Wildman–Crippen MR) is 70.3 cm³/mol. The van der Waals surface area contributed by atoms with Crippen LogP contribution in [-0.4, -0.2) is 13.1 Å². The van der Waals surface area contributed by atoms with Crippen LogP contribution < -0.4 is 5.32 Å². The number of hydrogen-bond donors (Lipinski definition) is 1. The minimum atomic E-state index is 0. The van der Waals surface area contributed by atoms with E-state index in [9.17, 15) is 0 Å². The molecule has 2 fully saturated rings. The molecule has 0 amide bonds. The van der Waals surface area contributed by atoms with Crippen molar-refractivity contribution in [3.63, 3.8) is 0 Å². The van der Waals surface area contributed by atoms with E-state index < -0.39 is 0 Å². The second-order valence-corrected chi connectivity index (χ2v) is 5.27. The molecule has 1 aromatic rings. The number of nitrogens with one attached hydrogen (secondary N) is 1. The van der Waals surface area contributed by atoms with Gasteiger partial charge in [-0.05, 0) is 44.7 Å². The molecule has 1 nitrogen and oxygen atoms in total. The van der Waals surface area contributed by atoms with Gasteiger partial charge in [0.15, 0.2) is 0 Å². The maximum absolute atomic E-state index is 3.46. The Morgan fingerprint density at radius 1 is 1.25 bits per heavy atom. The zero-order chi connectivity index (χ0) is 10.5. The van der Waals surface area contributed by atoms with Crippen LogP contribution in [0.15, 0.2) is 24.3 Å². The zero-order valence-corrected chi connectivity index (χ0v) is 10.8. The normalized spacial score (nSPS) is 35.4. The first-order valence-corrected chi connectivity index (χ1v) is 6.01. The largest absolute Gasteiger partial charge is 0.317 e. The summed E-state index contributed by atoms with van der Waals surface area (Å²) < 4.78 is 0. The van der Waals surface area contributed by atoms with Crippen LogP contribution in [0.2, 0.25) is 0 Å². The Bertz CT molecular complexity index is 373. The zero-order valence-electron chi connectivity index (χ0n) is 9.99. The van der Waals surface area contributed by atoms with Gasteiger partial charge in [-0.2, -0.15) is 0 Å². The van der Waals surface area contributed by atoms with E-state index in [1.165, 1.54) is 24.8 Å². The molecule has 1 aromatic carbocycles. The molecular weight excluding hydrogens is 218 g/mol. The van der Waals surface area contributed by atoms with Gasteiger partial charge in [0.05, 0.1) is 0 Å². The highest BCUT2D eigenvalue weighted by atomic mass is 35.5. The van der Waals surface area contributed by atoms with Crippen molar-refractivity contribution < 1.29 is 0 Å². The molecule has 3 unspecified atom stereocenters. The van der Waals surface area contributed by atoms with Gasteiger partial charge >= 0.3 is 0 Å². The fourth-order valence-electron chi connectivity index (χ4n) is 3.47. The lowest BCUT2D eigenvalue weighted by Crippen LogP contribution is -2.24. The lowest BCUT2D eigenvalue weighted by Gasteiger charge is -2.12. The maximum Gasteiger partial charge on any atom is 0.0101 e. The van der Waals surface area contributed by atoms with Crippen molar-refractivity contribution in [3.05, 3.63) is 35.4 Å². The minimum Gasteiger partial charge on any atom is -0.317 e. The molecule has 2 aliphatic carbocycles. The van der Waals surface area contributed by atoms with Crippen LogP contribution in [0.3, 0.4) is 0 Å². The van der Waals surface area contributed by atoms with Crippen molar-refractivity contribution in [2.45, 2.75) is 37.6 Å². The summed E-state index contributed by atoms with van der Waals surface area (Å²) in [5.41, 5.74) is 3.51. The molecule has 2 saturated carbocycles. The predicted octanol–water partition coefficient (Wildman–Crippen LogP) is 3.06. The molecule has 16 heavy (non-hydrogen) atoms. The van der Waals surface area contributed by atoms with Gasteiger partial charge in [-0.15, -0.1) is 12.4 Å². The lowest BCUT2D eigenvalue weighted by atomic mass is 9.93.